The van der Waals surface area contributed by atoms with E-state index in [2.05, 4.69) is 23.0 Å². The second-order valence-corrected chi connectivity index (χ2v) is 4.85. The summed E-state index contributed by atoms with van der Waals surface area (Å²) in [6.45, 7) is 2.22. The van der Waals surface area contributed by atoms with E-state index in [0.717, 1.165) is 13.0 Å². The summed E-state index contributed by atoms with van der Waals surface area (Å²) in [5, 5.41) is 0. The number of hydrogen-bond acceptors (Lipinski definition) is 3. The van der Waals surface area contributed by atoms with Gasteiger partial charge in [-0.05, 0) is 49.4 Å². The molecule has 0 bridgehead atoms. The zero-order valence-electron chi connectivity index (χ0n) is 9.16. The summed E-state index contributed by atoms with van der Waals surface area (Å²) in [6.07, 6.45) is 3.70. The first kappa shape index (κ1) is 9.16. The van der Waals surface area contributed by atoms with Crippen LogP contribution in [-0.2, 0) is 13.0 Å². The highest BCUT2D eigenvalue weighted by Gasteiger charge is 2.29. The molecule has 0 aromatic carbocycles. The number of likely N-dealkylation sites (N-methyl/N-ethyl adjacent to an activating group) is 1. The fourth-order valence-corrected chi connectivity index (χ4v) is 3.08. The van der Waals surface area contributed by atoms with Crippen molar-refractivity contribution in [3.8, 4) is 0 Å². The summed E-state index contributed by atoms with van der Waals surface area (Å²) in [6, 6.07) is 2.06. The quantitative estimate of drug-likeness (QED) is 0.695. The summed E-state index contributed by atoms with van der Waals surface area (Å²) in [4.78, 5) is 6.88. The Labute approximate surface area is 90.3 Å². The Morgan fingerprint density at radius 3 is 3.27 bits per heavy atom. The second-order valence-electron chi connectivity index (χ2n) is 4.85. The van der Waals surface area contributed by atoms with Crippen molar-refractivity contribution in [1.82, 2.24) is 9.88 Å². The van der Waals surface area contributed by atoms with Gasteiger partial charge in [-0.15, -0.1) is 0 Å². The van der Waals surface area contributed by atoms with E-state index in [9.17, 15) is 0 Å². The monoisotopic (exact) mass is 203 g/mol. The van der Waals surface area contributed by atoms with E-state index in [0.29, 0.717) is 11.7 Å². The molecule has 0 saturated heterocycles. The van der Waals surface area contributed by atoms with Crippen molar-refractivity contribution in [1.29, 1.82) is 0 Å². The lowest BCUT2D eigenvalue weighted by Crippen LogP contribution is -2.33. The molecule has 1 aliphatic carbocycles. The van der Waals surface area contributed by atoms with Crippen LogP contribution in [0.25, 0.3) is 0 Å². The Morgan fingerprint density at radius 1 is 1.53 bits per heavy atom. The zero-order valence-corrected chi connectivity index (χ0v) is 9.16. The lowest BCUT2D eigenvalue weighted by atomic mass is 9.80. The number of nitrogen functional groups attached to an aromatic ring is 1. The second kappa shape index (κ2) is 3.20. The third kappa shape index (κ3) is 1.42. The number of nitrogens with zero attached hydrogens (tertiary/aromatic N) is 2. The first-order valence-corrected chi connectivity index (χ1v) is 5.71. The van der Waals surface area contributed by atoms with E-state index in [1.165, 1.54) is 36.2 Å². The van der Waals surface area contributed by atoms with Crippen molar-refractivity contribution < 1.29 is 0 Å². The van der Waals surface area contributed by atoms with Crippen LogP contribution in [0.3, 0.4) is 0 Å². The molecule has 1 aliphatic heterocycles. The average Bonchev–Trinajstić information content (AvgIpc) is 2.16. The molecule has 2 heterocycles. The number of aromatic nitrogens is 1. The maximum Gasteiger partial charge on any atom is 0.123 e. The normalized spacial score (nSPS) is 25.0. The lowest BCUT2D eigenvalue weighted by molar-refractivity contribution is 0.265. The Bertz CT molecular complexity index is 400. The molecule has 1 unspecified atom stereocenters. The van der Waals surface area contributed by atoms with Gasteiger partial charge >= 0.3 is 0 Å². The molecule has 0 saturated carbocycles. The van der Waals surface area contributed by atoms with Crippen LogP contribution in [-0.4, -0.2) is 23.5 Å². The molecule has 0 radical (unpaired) electrons. The van der Waals surface area contributed by atoms with Gasteiger partial charge in [0.05, 0.1) is 0 Å². The van der Waals surface area contributed by atoms with Gasteiger partial charge in [-0.3, -0.25) is 0 Å². The van der Waals surface area contributed by atoms with E-state index in [1.54, 1.807) is 0 Å². The van der Waals surface area contributed by atoms with E-state index >= 15 is 0 Å². The van der Waals surface area contributed by atoms with Gasteiger partial charge < -0.3 is 10.6 Å². The van der Waals surface area contributed by atoms with Crippen molar-refractivity contribution in [3.63, 3.8) is 0 Å². The molecule has 3 nitrogen and oxygen atoms in total. The van der Waals surface area contributed by atoms with Gasteiger partial charge in [0, 0.05) is 18.8 Å². The minimum Gasteiger partial charge on any atom is -0.384 e. The summed E-state index contributed by atoms with van der Waals surface area (Å²) < 4.78 is 0. The predicted molar refractivity (Wildman–Crippen MR) is 60.7 cm³/mol. The predicted octanol–water partition coefficient (Wildman–Crippen LogP) is 1.53. The van der Waals surface area contributed by atoms with E-state index in [-0.39, 0.29) is 0 Å². The minimum absolute atomic E-state index is 0.694. The zero-order chi connectivity index (χ0) is 10.4. The summed E-state index contributed by atoms with van der Waals surface area (Å²) in [7, 11) is 2.19. The molecule has 1 atom stereocenters. The number of hydrogen-bond donors (Lipinski definition) is 1. The molecule has 80 valence electrons. The molecule has 1 aromatic heterocycles. The van der Waals surface area contributed by atoms with E-state index < -0.39 is 0 Å². The maximum absolute atomic E-state index is 5.84. The number of pyridine rings is 1. The van der Waals surface area contributed by atoms with Crippen molar-refractivity contribution in [2.45, 2.75) is 31.7 Å². The van der Waals surface area contributed by atoms with Gasteiger partial charge in [0.15, 0.2) is 0 Å². The molecule has 0 amide bonds. The third-order valence-electron chi connectivity index (χ3n) is 3.59. The highest BCUT2D eigenvalue weighted by Crippen LogP contribution is 2.37. The van der Waals surface area contributed by atoms with Crippen LogP contribution in [0.15, 0.2) is 6.07 Å². The highest BCUT2D eigenvalue weighted by atomic mass is 15.1. The number of anilines is 1. The Kier molecular flexibility index (Phi) is 1.96. The fourth-order valence-electron chi connectivity index (χ4n) is 3.08. The summed E-state index contributed by atoms with van der Waals surface area (Å²) >= 11 is 0. The molecule has 0 spiro atoms. The standard InChI is InChI=1S/C12H17N3/c1-15-6-8-3-2-4-10-12(8)9(7-15)5-11(13)14-10/h5,8H,2-4,6-7H2,1H3,(H2,13,14). The first-order valence-electron chi connectivity index (χ1n) is 5.71. The molecule has 0 fully saturated rings. The van der Waals surface area contributed by atoms with Gasteiger partial charge in [0.1, 0.15) is 5.82 Å². The van der Waals surface area contributed by atoms with Gasteiger partial charge in [-0.1, -0.05) is 0 Å². The molecular formula is C12H17N3. The molecule has 3 heteroatoms. The maximum atomic E-state index is 5.84. The minimum atomic E-state index is 0.694. The van der Waals surface area contributed by atoms with Crippen LogP contribution in [0.5, 0.6) is 0 Å². The van der Waals surface area contributed by atoms with Gasteiger partial charge in [0.2, 0.25) is 0 Å². The van der Waals surface area contributed by atoms with Gasteiger partial charge in [0.25, 0.3) is 0 Å². The van der Waals surface area contributed by atoms with Crippen LogP contribution < -0.4 is 5.73 Å². The SMILES string of the molecule is CN1Cc2cc(N)nc3c2C(CCC3)C1. The van der Waals surface area contributed by atoms with Gasteiger partial charge in [-0.25, -0.2) is 4.98 Å². The van der Waals surface area contributed by atoms with Crippen molar-refractivity contribution >= 4 is 5.82 Å². The fraction of sp³-hybridized carbons (Fsp3) is 0.583. The van der Waals surface area contributed by atoms with Crippen LogP contribution in [0.2, 0.25) is 0 Å². The number of aryl methyl sites for hydroxylation is 1. The van der Waals surface area contributed by atoms with Crippen LogP contribution in [0, 0.1) is 0 Å². The smallest absolute Gasteiger partial charge is 0.123 e. The van der Waals surface area contributed by atoms with Crippen LogP contribution in [0.1, 0.15) is 35.6 Å². The number of rotatable bonds is 0. The van der Waals surface area contributed by atoms with Crippen molar-refractivity contribution in [3.05, 3.63) is 22.9 Å². The first-order chi connectivity index (χ1) is 7.24. The summed E-state index contributed by atoms with van der Waals surface area (Å²) in [5.74, 6) is 1.40. The number of nitrogens with two attached hydrogens (primary N) is 1. The highest BCUT2D eigenvalue weighted by molar-refractivity contribution is 5.45. The molecule has 15 heavy (non-hydrogen) atoms. The van der Waals surface area contributed by atoms with Crippen molar-refractivity contribution in [2.75, 3.05) is 19.3 Å². The largest absolute Gasteiger partial charge is 0.384 e. The topological polar surface area (TPSA) is 42.1 Å². The lowest BCUT2D eigenvalue weighted by Gasteiger charge is -2.36. The Morgan fingerprint density at radius 2 is 2.40 bits per heavy atom. The van der Waals surface area contributed by atoms with Crippen LogP contribution >= 0.6 is 0 Å². The molecule has 3 rings (SSSR count). The average molecular weight is 203 g/mol. The third-order valence-corrected chi connectivity index (χ3v) is 3.59. The van der Waals surface area contributed by atoms with Crippen LogP contribution in [0.4, 0.5) is 5.82 Å². The van der Waals surface area contributed by atoms with Crippen molar-refractivity contribution in [2.24, 2.45) is 0 Å². The molecule has 2 aliphatic rings. The Hall–Kier alpha value is -1.09. The molecule has 1 aromatic rings. The van der Waals surface area contributed by atoms with Gasteiger partial charge in [-0.2, -0.15) is 0 Å². The molecular weight excluding hydrogens is 186 g/mol. The summed E-state index contributed by atoms with van der Waals surface area (Å²) in [5.41, 5.74) is 10.1. The van der Waals surface area contributed by atoms with E-state index in [1.807, 2.05) is 0 Å². The molecule has 2 N–H and O–H groups in total. The Balaban J connectivity index is 2.16. The van der Waals surface area contributed by atoms with E-state index in [4.69, 9.17) is 5.73 Å².